The standard InChI is InChI=1S/C23H24Br2N4O2S/c1-3-5-8-11-32-23-27-22-19(28-29-23)15-9-6-7-10-18(15)26-21(31-22)16-12-14(24)13-17(25)20(16)30-4-2/h6-7,9-10,12-13,21,26H,3-5,8,11H2,1-2H3/t21-/m0/s1. The second-order valence-corrected chi connectivity index (χ2v) is 10.1. The highest BCUT2D eigenvalue weighted by atomic mass is 79.9. The summed E-state index contributed by atoms with van der Waals surface area (Å²) >= 11 is 8.82. The Kier molecular flexibility index (Phi) is 7.91. The van der Waals surface area contributed by atoms with Gasteiger partial charge in [-0.1, -0.05) is 65.7 Å². The molecule has 1 atom stereocenters. The minimum absolute atomic E-state index is 0.457. The lowest BCUT2D eigenvalue weighted by atomic mass is 10.1. The van der Waals surface area contributed by atoms with Crippen LogP contribution >= 0.6 is 43.6 Å². The second kappa shape index (κ2) is 10.9. The largest absolute Gasteiger partial charge is 0.492 e. The van der Waals surface area contributed by atoms with Crippen molar-refractivity contribution in [3.8, 4) is 22.9 Å². The zero-order chi connectivity index (χ0) is 22.5. The average molecular weight is 580 g/mol. The topological polar surface area (TPSA) is 69.2 Å². The molecule has 1 aliphatic heterocycles. The number of para-hydroxylation sites is 1. The van der Waals surface area contributed by atoms with Crippen molar-refractivity contribution in [1.29, 1.82) is 0 Å². The third-order valence-corrected chi connectivity index (χ3v) is 6.89. The van der Waals surface area contributed by atoms with Crippen LogP contribution in [0.15, 0.2) is 50.5 Å². The summed E-state index contributed by atoms with van der Waals surface area (Å²) in [5.41, 5.74) is 3.28. The number of halogens is 2. The van der Waals surface area contributed by atoms with E-state index in [2.05, 4.69) is 54.3 Å². The summed E-state index contributed by atoms with van der Waals surface area (Å²) in [6.45, 7) is 4.69. The molecule has 0 fully saturated rings. The minimum Gasteiger partial charge on any atom is -0.492 e. The van der Waals surface area contributed by atoms with Crippen molar-refractivity contribution >= 4 is 49.3 Å². The molecule has 3 aromatic rings. The molecule has 2 aromatic carbocycles. The molecule has 0 unspecified atom stereocenters. The number of thioether (sulfide) groups is 1. The Hall–Kier alpha value is -1.84. The molecule has 0 radical (unpaired) electrons. The minimum atomic E-state index is -0.526. The smallest absolute Gasteiger partial charge is 0.247 e. The molecule has 0 spiro atoms. The zero-order valence-electron chi connectivity index (χ0n) is 17.9. The van der Waals surface area contributed by atoms with E-state index in [4.69, 9.17) is 14.5 Å². The Balaban J connectivity index is 1.75. The van der Waals surface area contributed by atoms with Crippen molar-refractivity contribution in [2.45, 2.75) is 44.5 Å². The van der Waals surface area contributed by atoms with Gasteiger partial charge in [0.25, 0.3) is 0 Å². The summed E-state index contributed by atoms with van der Waals surface area (Å²) in [5.74, 6) is 2.14. The van der Waals surface area contributed by atoms with Crippen LogP contribution in [0.25, 0.3) is 11.3 Å². The maximum atomic E-state index is 6.43. The number of rotatable bonds is 8. The highest BCUT2D eigenvalue weighted by molar-refractivity contribution is 9.11. The third kappa shape index (κ3) is 5.21. The van der Waals surface area contributed by atoms with Crippen LogP contribution in [0.4, 0.5) is 5.69 Å². The van der Waals surface area contributed by atoms with Crippen molar-refractivity contribution in [2.24, 2.45) is 0 Å². The number of nitrogens with one attached hydrogen (secondary N) is 1. The van der Waals surface area contributed by atoms with Gasteiger partial charge in [-0.25, -0.2) is 0 Å². The summed E-state index contributed by atoms with van der Waals surface area (Å²) in [6.07, 6.45) is 2.97. The Morgan fingerprint density at radius 1 is 1.12 bits per heavy atom. The zero-order valence-corrected chi connectivity index (χ0v) is 21.9. The lowest BCUT2D eigenvalue weighted by molar-refractivity contribution is 0.216. The number of nitrogens with zero attached hydrogens (tertiary/aromatic N) is 3. The van der Waals surface area contributed by atoms with Gasteiger partial charge in [-0.2, -0.15) is 4.98 Å². The van der Waals surface area contributed by atoms with E-state index in [1.54, 1.807) is 11.8 Å². The molecule has 1 N–H and O–H groups in total. The predicted molar refractivity (Wildman–Crippen MR) is 136 cm³/mol. The molecule has 1 aromatic heterocycles. The normalized spacial score (nSPS) is 14.6. The summed E-state index contributed by atoms with van der Waals surface area (Å²) in [5, 5.41) is 13.0. The van der Waals surface area contributed by atoms with E-state index in [9.17, 15) is 0 Å². The molecular weight excluding hydrogens is 556 g/mol. The molecule has 0 saturated carbocycles. The number of benzene rings is 2. The van der Waals surface area contributed by atoms with Crippen molar-refractivity contribution in [3.05, 3.63) is 50.9 Å². The first-order valence-corrected chi connectivity index (χ1v) is 13.2. The molecule has 6 nitrogen and oxygen atoms in total. The Labute approximate surface area is 209 Å². The lowest BCUT2D eigenvalue weighted by Gasteiger charge is -2.23. The fraction of sp³-hybridized carbons (Fsp3) is 0.348. The van der Waals surface area contributed by atoms with Crippen LogP contribution < -0.4 is 14.8 Å². The van der Waals surface area contributed by atoms with Crippen LogP contribution in [0.3, 0.4) is 0 Å². The summed E-state index contributed by atoms with van der Waals surface area (Å²) < 4.78 is 14.1. The highest BCUT2D eigenvalue weighted by Gasteiger charge is 2.29. The Morgan fingerprint density at radius 3 is 2.78 bits per heavy atom. The van der Waals surface area contributed by atoms with Crippen molar-refractivity contribution in [1.82, 2.24) is 15.2 Å². The van der Waals surface area contributed by atoms with Crippen LogP contribution in [0.1, 0.15) is 44.9 Å². The van der Waals surface area contributed by atoms with Gasteiger partial charge in [0.1, 0.15) is 5.75 Å². The number of hydrogen-bond donors (Lipinski definition) is 1. The number of anilines is 1. The predicted octanol–water partition coefficient (Wildman–Crippen LogP) is 7.25. The first-order chi connectivity index (χ1) is 15.6. The first kappa shape index (κ1) is 23.3. The van der Waals surface area contributed by atoms with Gasteiger partial charge in [0.15, 0.2) is 5.69 Å². The van der Waals surface area contributed by atoms with Gasteiger partial charge in [0, 0.05) is 21.5 Å². The third-order valence-electron chi connectivity index (χ3n) is 4.92. The maximum Gasteiger partial charge on any atom is 0.247 e. The van der Waals surface area contributed by atoms with Gasteiger partial charge < -0.3 is 14.8 Å². The van der Waals surface area contributed by atoms with Crippen LogP contribution in [-0.2, 0) is 0 Å². The maximum absolute atomic E-state index is 6.43. The van der Waals surface area contributed by atoms with Crippen molar-refractivity contribution in [3.63, 3.8) is 0 Å². The van der Waals surface area contributed by atoms with Crippen LogP contribution in [0, 0.1) is 0 Å². The van der Waals surface area contributed by atoms with E-state index in [0.29, 0.717) is 23.3 Å². The summed E-state index contributed by atoms with van der Waals surface area (Å²) in [4.78, 5) is 4.73. The van der Waals surface area contributed by atoms with Gasteiger partial charge in [0.05, 0.1) is 16.6 Å². The SMILES string of the molecule is CCCCCSc1nnc2c(n1)O[C@@H](c1cc(Br)cc(Br)c1OCC)Nc1ccccc1-2. The summed E-state index contributed by atoms with van der Waals surface area (Å²) in [7, 11) is 0. The van der Waals surface area contributed by atoms with E-state index >= 15 is 0 Å². The van der Waals surface area contributed by atoms with Crippen LogP contribution in [0.5, 0.6) is 11.6 Å². The van der Waals surface area contributed by atoms with E-state index in [1.807, 2.05) is 43.3 Å². The monoisotopic (exact) mass is 578 g/mol. The Morgan fingerprint density at radius 2 is 1.97 bits per heavy atom. The van der Waals surface area contributed by atoms with Crippen LogP contribution in [0.2, 0.25) is 0 Å². The molecule has 0 aliphatic carbocycles. The number of fused-ring (bicyclic) bond motifs is 3. The highest BCUT2D eigenvalue weighted by Crippen LogP contribution is 2.43. The van der Waals surface area contributed by atoms with E-state index in [1.165, 1.54) is 12.8 Å². The number of unbranched alkanes of at least 4 members (excludes halogenated alkanes) is 2. The van der Waals surface area contributed by atoms with Gasteiger partial charge in [-0.05, 0) is 47.5 Å². The van der Waals surface area contributed by atoms with Gasteiger partial charge in [0.2, 0.25) is 17.3 Å². The number of aromatic nitrogens is 3. The van der Waals surface area contributed by atoms with E-state index in [-0.39, 0.29) is 0 Å². The molecule has 32 heavy (non-hydrogen) atoms. The molecule has 168 valence electrons. The molecule has 0 saturated heterocycles. The molecular formula is C23H24Br2N4O2S. The van der Waals surface area contributed by atoms with Crippen molar-refractivity contribution < 1.29 is 9.47 Å². The lowest BCUT2D eigenvalue weighted by Crippen LogP contribution is -2.18. The first-order valence-electron chi connectivity index (χ1n) is 10.6. The molecule has 1 aliphatic rings. The van der Waals surface area contributed by atoms with Crippen LogP contribution in [-0.4, -0.2) is 27.5 Å². The van der Waals surface area contributed by atoms with Gasteiger partial charge in [-0.3, -0.25) is 0 Å². The number of hydrogen-bond acceptors (Lipinski definition) is 7. The van der Waals surface area contributed by atoms with E-state index in [0.717, 1.165) is 43.7 Å². The van der Waals surface area contributed by atoms with Crippen molar-refractivity contribution in [2.75, 3.05) is 17.7 Å². The van der Waals surface area contributed by atoms with E-state index < -0.39 is 6.23 Å². The van der Waals surface area contributed by atoms with Gasteiger partial charge >= 0.3 is 0 Å². The summed E-state index contributed by atoms with van der Waals surface area (Å²) in [6, 6.07) is 11.9. The quantitative estimate of drug-likeness (QED) is 0.223. The Bertz CT molecular complexity index is 1100. The number of ether oxygens (including phenoxy) is 2. The fourth-order valence-corrected chi connectivity index (χ4v) is 5.59. The molecule has 2 heterocycles. The molecule has 4 rings (SSSR count). The fourth-order valence-electron chi connectivity index (χ4n) is 3.44. The van der Waals surface area contributed by atoms with Gasteiger partial charge in [-0.15, -0.1) is 10.2 Å². The molecule has 9 heteroatoms. The molecule has 0 amide bonds. The second-order valence-electron chi connectivity index (χ2n) is 7.23. The molecule has 0 bridgehead atoms. The average Bonchev–Trinajstić information content (AvgIpc) is 2.95.